The van der Waals surface area contributed by atoms with Gasteiger partial charge in [0.25, 0.3) is 5.69 Å². The second-order valence-electron chi connectivity index (χ2n) is 12.7. The van der Waals surface area contributed by atoms with E-state index < -0.39 is 47.0 Å². The lowest BCUT2D eigenvalue weighted by Gasteiger charge is -2.46. The van der Waals surface area contributed by atoms with Gasteiger partial charge < -0.3 is 34.3 Å². The Morgan fingerprint density at radius 3 is 2.41 bits per heavy atom. The molecule has 3 fully saturated rings. The summed E-state index contributed by atoms with van der Waals surface area (Å²) < 4.78 is 6.19. The molecule has 0 radical (unpaired) electrons. The summed E-state index contributed by atoms with van der Waals surface area (Å²) in [6, 6.07) is 4.24. The topological polar surface area (TPSA) is 191 Å². The van der Waals surface area contributed by atoms with Gasteiger partial charge in [0.15, 0.2) is 0 Å². The summed E-state index contributed by atoms with van der Waals surface area (Å²) in [5, 5.41) is 40.3. The third-order valence-corrected chi connectivity index (χ3v) is 11.2. The smallest absolute Gasteiger partial charge is 0.410 e. The van der Waals surface area contributed by atoms with Crippen LogP contribution in [0.25, 0.3) is 0 Å². The first-order chi connectivity index (χ1) is 21.8. The van der Waals surface area contributed by atoms with Gasteiger partial charge in [-0.3, -0.25) is 24.6 Å². The molecule has 250 valence electrons. The van der Waals surface area contributed by atoms with E-state index in [9.17, 15) is 44.6 Å². The predicted octanol–water partition coefficient (Wildman–Crippen LogP) is 0.842. The first-order valence-electron chi connectivity index (χ1n) is 15.3. The first kappa shape index (κ1) is 33.6. The van der Waals surface area contributed by atoms with E-state index >= 15 is 0 Å². The van der Waals surface area contributed by atoms with Crippen LogP contribution in [-0.2, 0) is 25.7 Å². The molecule has 0 aliphatic carbocycles. The number of nitro benzene ring substituents is 1. The SMILES string of the molecule is C[C@@H](O)[C@H]1C(=O)N2C(C(=O)O)=C(S[C@H]3C[C@@H](C(=O)N4CC[N+](C)(CCO)CC4)N(C(=O)OCc4ccc([N+](=O)[O-])cc4)C3)[C@H](C)[C@H]12. The minimum atomic E-state index is -1.25. The lowest BCUT2D eigenvalue weighted by molar-refractivity contribution is -0.913. The number of fused-ring (bicyclic) bond motifs is 1. The van der Waals surface area contributed by atoms with Crippen molar-refractivity contribution in [3.05, 3.63) is 50.5 Å². The number of carbonyl (C=O) groups is 4. The summed E-state index contributed by atoms with van der Waals surface area (Å²) in [4.78, 5) is 67.8. The summed E-state index contributed by atoms with van der Waals surface area (Å²) in [6.45, 7) is 6.04. The number of thioether (sulfide) groups is 1. The number of likely N-dealkylation sites (N-methyl/N-ethyl adjacent to an activating group) is 1. The summed E-state index contributed by atoms with van der Waals surface area (Å²) in [6.07, 6.45) is -1.44. The number of carbonyl (C=O) groups excluding carboxylic acids is 3. The number of benzene rings is 1. The van der Waals surface area contributed by atoms with Gasteiger partial charge in [-0.25, -0.2) is 9.59 Å². The van der Waals surface area contributed by atoms with Crippen LogP contribution < -0.4 is 0 Å². The lowest BCUT2D eigenvalue weighted by Crippen LogP contribution is -2.63. The van der Waals surface area contributed by atoms with Gasteiger partial charge in [0, 0.05) is 34.8 Å². The molecule has 0 saturated carbocycles. The molecule has 0 unspecified atom stereocenters. The summed E-state index contributed by atoms with van der Waals surface area (Å²) in [7, 11) is 2.02. The van der Waals surface area contributed by atoms with E-state index in [1.54, 1.807) is 4.90 Å². The zero-order valence-corrected chi connectivity index (χ0v) is 26.8. The minimum absolute atomic E-state index is 0.0365. The zero-order chi connectivity index (χ0) is 33.5. The number of β-lactam (4-membered cyclic amide) rings is 1. The van der Waals surface area contributed by atoms with Gasteiger partial charge in [-0.15, -0.1) is 11.8 Å². The maximum absolute atomic E-state index is 13.9. The van der Waals surface area contributed by atoms with E-state index in [0.717, 1.165) is 0 Å². The number of ether oxygens (including phenoxy) is 1. The van der Waals surface area contributed by atoms with Gasteiger partial charge in [-0.05, 0) is 31.0 Å². The predicted molar refractivity (Wildman–Crippen MR) is 164 cm³/mol. The Labute approximate surface area is 270 Å². The maximum Gasteiger partial charge on any atom is 0.410 e. The molecule has 0 spiro atoms. The van der Waals surface area contributed by atoms with Gasteiger partial charge in [0.1, 0.15) is 24.9 Å². The van der Waals surface area contributed by atoms with Gasteiger partial charge in [-0.1, -0.05) is 6.92 Å². The van der Waals surface area contributed by atoms with E-state index in [2.05, 4.69) is 0 Å². The second kappa shape index (κ2) is 13.2. The summed E-state index contributed by atoms with van der Waals surface area (Å²) >= 11 is 1.25. The van der Waals surface area contributed by atoms with Crippen molar-refractivity contribution in [2.45, 2.75) is 50.3 Å². The van der Waals surface area contributed by atoms with Crippen molar-refractivity contribution in [1.82, 2.24) is 14.7 Å². The Morgan fingerprint density at radius 1 is 1.20 bits per heavy atom. The molecule has 1 aromatic carbocycles. The third kappa shape index (κ3) is 6.30. The molecule has 3 N–H and O–H groups in total. The molecule has 0 bridgehead atoms. The molecule has 1 aromatic rings. The van der Waals surface area contributed by atoms with Crippen LogP contribution in [0, 0.1) is 22.0 Å². The molecule has 46 heavy (non-hydrogen) atoms. The molecule has 5 rings (SSSR count). The Morgan fingerprint density at radius 2 is 1.85 bits per heavy atom. The zero-order valence-electron chi connectivity index (χ0n) is 26.0. The van der Waals surface area contributed by atoms with Crippen molar-refractivity contribution in [2.24, 2.45) is 11.8 Å². The number of piperazine rings is 1. The second-order valence-corrected chi connectivity index (χ2v) is 14.1. The molecule has 3 saturated heterocycles. The fourth-order valence-corrected chi connectivity index (χ4v) is 8.49. The van der Waals surface area contributed by atoms with Gasteiger partial charge in [-0.2, -0.15) is 0 Å². The first-order valence-corrected chi connectivity index (χ1v) is 16.2. The highest BCUT2D eigenvalue weighted by Gasteiger charge is 2.60. The van der Waals surface area contributed by atoms with Crippen LogP contribution in [0.3, 0.4) is 0 Å². The maximum atomic E-state index is 13.9. The van der Waals surface area contributed by atoms with Gasteiger partial charge in [0.05, 0.1) is 62.8 Å². The highest BCUT2D eigenvalue weighted by atomic mass is 32.2. The van der Waals surface area contributed by atoms with Crippen LogP contribution in [0.4, 0.5) is 10.5 Å². The Bertz CT molecular complexity index is 1430. The molecule has 4 heterocycles. The highest BCUT2D eigenvalue weighted by Crippen LogP contribution is 2.52. The highest BCUT2D eigenvalue weighted by molar-refractivity contribution is 8.03. The molecule has 3 amide bonds. The van der Waals surface area contributed by atoms with E-state index in [-0.39, 0.29) is 54.6 Å². The Kier molecular flexibility index (Phi) is 9.63. The van der Waals surface area contributed by atoms with Crippen molar-refractivity contribution in [3.8, 4) is 0 Å². The van der Waals surface area contributed by atoms with Crippen molar-refractivity contribution in [2.75, 3.05) is 52.9 Å². The van der Waals surface area contributed by atoms with Crippen LogP contribution in [0.2, 0.25) is 0 Å². The quantitative estimate of drug-likeness (QED) is 0.139. The number of aliphatic hydroxyl groups is 2. The number of likely N-dealkylation sites (tertiary alicyclic amines) is 1. The molecule has 4 aliphatic rings. The number of nitro groups is 1. The average Bonchev–Trinajstić information content (AvgIpc) is 3.53. The molecular weight excluding hydrogens is 622 g/mol. The number of quaternary nitrogens is 1. The van der Waals surface area contributed by atoms with Crippen molar-refractivity contribution >= 4 is 41.3 Å². The number of carboxylic acids is 1. The van der Waals surface area contributed by atoms with Crippen molar-refractivity contribution < 1.29 is 48.6 Å². The number of aliphatic hydroxyl groups excluding tert-OH is 2. The number of hydrogen-bond acceptors (Lipinski definition) is 10. The van der Waals surface area contributed by atoms with Crippen LogP contribution in [0.15, 0.2) is 34.9 Å². The lowest BCUT2D eigenvalue weighted by atomic mass is 9.79. The molecule has 4 aliphatic heterocycles. The molecule has 0 aromatic heterocycles. The van der Waals surface area contributed by atoms with Crippen LogP contribution in [0.1, 0.15) is 25.8 Å². The average molecular weight is 663 g/mol. The summed E-state index contributed by atoms with van der Waals surface area (Å²) in [5.74, 6) is -3.01. The third-order valence-electron chi connectivity index (χ3n) is 9.67. The molecule has 16 heteroatoms. The van der Waals surface area contributed by atoms with Crippen LogP contribution in [-0.4, -0.2) is 140 Å². The van der Waals surface area contributed by atoms with Gasteiger partial charge >= 0.3 is 12.1 Å². The minimum Gasteiger partial charge on any atom is -0.477 e. The van der Waals surface area contributed by atoms with Crippen molar-refractivity contribution in [3.63, 3.8) is 0 Å². The molecule has 15 nitrogen and oxygen atoms in total. The number of carboxylic acid groups (broad SMARTS) is 1. The number of rotatable bonds is 10. The van der Waals surface area contributed by atoms with E-state index in [0.29, 0.717) is 47.7 Å². The van der Waals surface area contributed by atoms with Gasteiger partial charge in [0.2, 0.25) is 11.8 Å². The fourth-order valence-electron chi connectivity index (χ4n) is 6.96. The van der Waals surface area contributed by atoms with E-state index in [4.69, 9.17) is 4.74 Å². The number of non-ortho nitro benzene ring substituents is 1. The van der Waals surface area contributed by atoms with Crippen LogP contribution in [0.5, 0.6) is 0 Å². The van der Waals surface area contributed by atoms with Crippen LogP contribution >= 0.6 is 11.8 Å². The largest absolute Gasteiger partial charge is 0.477 e. The number of hydrogen-bond donors (Lipinski definition) is 3. The van der Waals surface area contributed by atoms with E-state index in [1.165, 1.54) is 52.8 Å². The number of amides is 3. The number of aliphatic carboxylic acids is 1. The Hall–Kier alpha value is -3.73. The Balaban J connectivity index is 1.34. The summed E-state index contributed by atoms with van der Waals surface area (Å²) in [5.41, 5.74) is 0.308. The van der Waals surface area contributed by atoms with Crippen molar-refractivity contribution in [1.29, 1.82) is 0 Å². The van der Waals surface area contributed by atoms with E-state index in [1.807, 2.05) is 14.0 Å². The normalized spacial score (nSPS) is 27.7. The molecular formula is C30H40N5O10S+. The standard InChI is InChI=1S/C30H39N5O10S/c1-17-24-23(18(2)37)28(39)33(24)25(29(40)41)26(17)46-21-14-22(27(38)31-8-10-35(3,11-9-31)12-13-36)32(15-21)30(42)45-16-19-4-6-20(7-5-19)34(43)44/h4-7,17-18,21-24,36-37H,8-16H2,1-3H3/p+1/t17-,18-,21+,22+,23-,24-/m1/s1. The molecule has 6 atom stereocenters. The number of nitrogens with zero attached hydrogens (tertiary/aromatic N) is 5. The fraction of sp³-hybridized carbons (Fsp3) is 0.600. The monoisotopic (exact) mass is 662 g/mol.